The van der Waals surface area contributed by atoms with Gasteiger partial charge >= 0.3 is 0 Å². The third-order valence-electron chi connectivity index (χ3n) is 2.37. The van der Waals surface area contributed by atoms with E-state index in [1.807, 2.05) is 0 Å². The van der Waals surface area contributed by atoms with E-state index in [0.29, 0.717) is 6.42 Å². The van der Waals surface area contributed by atoms with E-state index in [-0.39, 0.29) is 0 Å². The fraction of sp³-hybridized carbons (Fsp3) is 0.800. The minimum absolute atomic E-state index is 0.635. The molecule has 1 saturated heterocycles. The van der Waals surface area contributed by atoms with Crippen molar-refractivity contribution in [3.63, 3.8) is 0 Å². The third-order valence-corrected chi connectivity index (χ3v) is 2.37. The van der Waals surface area contributed by atoms with Gasteiger partial charge in [0.25, 0.3) is 0 Å². The van der Waals surface area contributed by atoms with Gasteiger partial charge in [-0.15, -0.1) is 0 Å². The van der Waals surface area contributed by atoms with Crippen molar-refractivity contribution in [1.82, 2.24) is 4.90 Å². The number of piperidine rings is 1. The number of aldehydes is 1. The zero-order valence-electron chi connectivity index (χ0n) is 7.88. The van der Waals surface area contributed by atoms with Crippen LogP contribution in [0.3, 0.4) is 0 Å². The monoisotopic (exact) mass is 168 g/mol. The van der Waals surface area contributed by atoms with Gasteiger partial charge in [0.05, 0.1) is 0 Å². The van der Waals surface area contributed by atoms with Crippen molar-refractivity contribution in [2.45, 2.75) is 32.6 Å². The number of carbonyl (C=O) groups is 1. The normalized spacial score (nSPS) is 19.8. The third kappa shape index (κ3) is 3.35. The summed E-state index contributed by atoms with van der Waals surface area (Å²) in [5.74, 6) is 1.30. The Morgan fingerprint density at radius 1 is 1.33 bits per heavy atom. The molecule has 2 nitrogen and oxygen atoms in total. The topological polar surface area (TPSA) is 20.3 Å². The Kier molecular flexibility index (Phi) is 4.30. The lowest BCUT2D eigenvalue weighted by molar-refractivity contribution is -0.107. The molecule has 0 spiro atoms. The molecule has 1 heterocycles. The molecule has 0 aromatic rings. The van der Waals surface area contributed by atoms with E-state index >= 15 is 0 Å². The molecule has 0 amide bonds. The summed E-state index contributed by atoms with van der Waals surface area (Å²) in [6.07, 6.45) is 5.67. The van der Waals surface area contributed by atoms with Gasteiger partial charge in [-0.05, 0) is 31.8 Å². The average molecular weight is 168 g/mol. The lowest BCUT2D eigenvalue weighted by Gasteiger charge is -2.28. The molecule has 1 radical (unpaired) electrons. The summed E-state index contributed by atoms with van der Waals surface area (Å²) in [5, 5.41) is 0. The van der Waals surface area contributed by atoms with Crippen molar-refractivity contribution in [3.8, 4) is 0 Å². The Balaban J connectivity index is 2.15. The minimum Gasteiger partial charge on any atom is -0.303 e. The first-order valence-electron chi connectivity index (χ1n) is 4.80. The van der Waals surface area contributed by atoms with Crippen LogP contribution in [0, 0.1) is 5.92 Å². The maximum atomic E-state index is 10.2. The molecule has 1 fully saturated rings. The molecule has 0 aromatic heterocycles. The van der Waals surface area contributed by atoms with Crippen molar-refractivity contribution in [2.75, 3.05) is 19.6 Å². The SMILES string of the molecule is C[C](CC=O)CN1CCCCC1. The smallest absolute Gasteiger partial charge is 0.120 e. The number of rotatable bonds is 4. The maximum Gasteiger partial charge on any atom is 0.120 e. The predicted molar refractivity (Wildman–Crippen MR) is 49.9 cm³/mol. The average Bonchev–Trinajstić information content (AvgIpc) is 2.06. The van der Waals surface area contributed by atoms with Crippen LogP contribution in [-0.4, -0.2) is 30.8 Å². The van der Waals surface area contributed by atoms with Crippen LogP contribution in [-0.2, 0) is 4.79 Å². The van der Waals surface area contributed by atoms with E-state index in [1.54, 1.807) is 0 Å². The standard InChI is InChI=1S/C10H18NO/c1-10(5-8-12)9-11-6-3-2-4-7-11/h8H,2-7,9H2,1H3. The minimum atomic E-state index is 0.635. The molecule has 12 heavy (non-hydrogen) atoms. The predicted octanol–water partition coefficient (Wildman–Crippen LogP) is 1.66. The van der Waals surface area contributed by atoms with Crippen LogP contribution < -0.4 is 0 Å². The van der Waals surface area contributed by atoms with Crippen molar-refractivity contribution in [3.05, 3.63) is 5.92 Å². The lowest BCUT2D eigenvalue weighted by atomic mass is 10.1. The Morgan fingerprint density at radius 3 is 2.58 bits per heavy atom. The van der Waals surface area contributed by atoms with Crippen LogP contribution in [0.2, 0.25) is 0 Å². The van der Waals surface area contributed by atoms with Gasteiger partial charge < -0.3 is 9.69 Å². The van der Waals surface area contributed by atoms with Gasteiger partial charge in [0, 0.05) is 13.0 Å². The molecule has 0 aliphatic carbocycles. The number of likely N-dealkylation sites (tertiary alicyclic amines) is 1. The summed E-state index contributed by atoms with van der Waals surface area (Å²) in [4.78, 5) is 12.7. The van der Waals surface area contributed by atoms with Gasteiger partial charge in [-0.2, -0.15) is 0 Å². The molecule has 0 aromatic carbocycles. The van der Waals surface area contributed by atoms with Gasteiger partial charge in [0.2, 0.25) is 0 Å². The van der Waals surface area contributed by atoms with Gasteiger partial charge in [0.1, 0.15) is 6.29 Å². The number of hydrogen-bond donors (Lipinski definition) is 0. The molecule has 0 N–H and O–H groups in total. The molecular formula is C10H18NO. The van der Waals surface area contributed by atoms with Crippen LogP contribution in [0.5, 0.6) is 0 Å². The van der Waals surface area contributed by atoms with Gasteiger partial charge in [-0.3, -0.25) is 0 Å². The van der Waals surface area contributed by atoms with Crippen LogP contribution in [0.15, 0.2) is 0 Å². The number of carbonyl (C=O) groups excluding carboxylic acids is 1. The molecule has 69 valence electrons. The number of nitrogens with zero attached hydrogens (tertiary/aromatic N) is 1. The van der Waals surface area contributed by atoms with E-state index in [1.165, 1.54) is 38.3 Å². The van der Waals surface area contributed by atoms with Gasteiger partial charge in [-0.1, -0.05) is 13.3 Å². The van der Waals surface area contributed by atoms with Crippen molar-refractivity contribution < 1.29 is 4.79 Å². The fourth-order valence-corrected chi connectivity index (χ4v) is 1.71. The highest BCUT2D eigenvalue weighted by molar-refractivity contribution is 5.52. The molecule has 0 bridgehead atoms. The summed E-state index contributed by atoms with van der Waals surface area (Å²) >= 11 is 0. The van der Waals surface area contributed by atoms with E-state index in [9.17, 15) is 4.79 Å². The second-order valence-electron chi connectivity index (χ2n) is 3.66. The first-order chi connectivity index (χ1) is 5.83. The molecule has 0 saturated carbocycles. The fourth-order valence-electron chi connectivity index (χ4n) is 1.71. The Hall–Kier alpha value is -0.370. The van der Waals surface area contributed by atoms with Crippen molar-refractivity contribution in [1.29, 1.82) is 0 Å². The Bertz CT molecular complexity index is 130. The van der Waals surface area contributed by atoms with Gasteiger partial charge in [-0.25, -0.2) is 0 Å². The number of hydrogen-bond acceptors (Lipinski definition) is 2. The first-order valence-corrected chi connectivity index (χ1v) is 4.80. The first kappa shape index (κ1) is 9.72. The molecule has 1 rings (SSSR count). The highest BCUT2D eigenvalue weighted by atomic mass is 16.1. The zero-order valence-corrected chi connectivity index (χ0v) is 7.88. The molecule has 0 atom stereocenters. The van der Waals surface area contributed by atoms with Crippen LogP contribution in [0.4, 0.5) is 0 Å². The molecular weight excluding hydrogens is 150 g/mol. The van der Waals surface area contributed by atoms with E-state index in [2.05, 4.69) is 11.8 Å². The summed E-state index contributed by atoms with van der Waals surface area (Å²) < 4.78 is 0. The molecule has 0 unspecified atom stereocenters. The Labute approximate surface area is 74.9 Å². The quantitative estimate of drug-likeness (QED) is 0.595. The second-order valence-corrected chi connectivity index (χ2v) is 3.66. The molecule has 2 heteroatoms. The van der Waals surface area contributed by atoms with Crippen molar-refractivity contribution in [2.24, 2.45) is 0 Å². The molecule has 1 aliphatic heterocycles. The Morgan fingerprint density at radius 2 is 2.00 bits per heavy atom. The van der Waals surface area contributed by atoms with E-state index in [4.69, 9.17) is 0 Å². The summed E-state index contributed by atoms with van der Waals surface area (Å²) in [6.45, 7) is 5.54. The largest absolute Gasteiger partial charge is 0.303 e. The van der Waals surface area contributed by atoms with E-state index in [0.717, 1.165) is 12.8 Å². The summed E-state index contributed by atoms with van der Waals surface area (Å²) in [7, 11) is 0. The van der Waals surface area contributed by atoms with Crippen molar-refractivity contribution >= 4 is 6.29 Å². The maximum absolute atomic E-state index is 10.2. The zero-order chi connectivity index (χ0) is 8.81. The highest BCUT2D eigenvalue weighted by Crippen LogP contribution is 2.12. The van der Waals surface area contributed by atoms with Gasteiger partial charge in [0.15, 0.2) is 0 Å². The molecule has 1 aliphatic rings. The highest BCUT2D eigenvalue weighted by Gasteiger charge is 2.12. The van der Waals surface area contributed by atoms with Crippen LogP contribution >= 0.6 is 0 Å². The lowest BCUT2D eigenvalue weighted by Crippen LogP contribution is -2.32. The van der Waals surface area contributed by atoms with E-state index < -0.39 is 0 Å². The second kappa shape index (κ2) is 5.31. The van der Waals surface area contributed by atoms with Crippen LogP contribution in [0.25, 0.3) is 0 Å². The van der Waals surface area contributed by atoms with Crippen LogP contribution in [0.1, 0.15) is 32.6 Å². The summed E-state index contributed by atoms with van der Waals surface area (Å²) in [5.41, 5.74) is 0. The summed E-state index contributed by atoms with van der Waals surface area (Å²) in [6, 6.07) is 0.